The van der Waals surface area contributed by atoms with E-state index >= 15 is 0 Å². The van der Waals surface area contributed by atoms with Gasteiger partial charge < -0.3 is 24.4 Å². The van der Waals surface area contributed by atoms with E-state index < -0.39 is 6.04 Å². The number of carbonyl (C=O) groups is 2. The van der Waals surface area contributed by atoms with Crippen molar-refractivity contribution in [2.45, 2.75) is 56.6 Å². The van der Waals surface area contributed by atoms with Gasteiger partial charge in [-0.25, -0.2) is 4.68 Å². The van der Waals surface area contributed by atoms with Crippen molar-refractivity contribution in [2.75, 3.05) is 59.1 Å². The number of nitrogens with zero attached hydrogens (tertiary/aromatic N) is 7. The highest BCUT2D eigenvalue weighted by Crippen LogP contribution is 2.31. The maximum Gasteiger partial charge on any atom is 0.258 e. The number of morpholine rings is 1. The topological polar surface area (TPSA) is 127 Å². The molecule has 4 aliphatic rings. The standard InChI is InChI=1S/C33H42N8O5/c42-32-29-23-39(20-24-4-3-10-34-18-24)11-12-40(29)33(43)27-5-1-2-6-30(27)45-15-9-26-7-8-28(31(46-26)19-35-32)41-22-25(36-37-41)21-38-13-16-44-17-14-38/h1-6,10,18,22,26,28-29,31H,7-9,11-17,19-21,23H2,(H,35,42)/t26-,28+,29-,31+/m0/s1. The van der Waals surface area contributed by atoms with Crippen LogP contribution >= 0.6 is 0 Å². The Morgan fingerprint density at radius 1 is 0.913 bits per heavy atom. The first-order chi connectivity index (χ1) is 22.6. The van der Waals surface area contributed by atoms with Crippen molar-refractivity contribution >= 4 is 11.8 Å². The van der Waals surface area contributed by atoms with Crippen molar-refractivity contribution in [2.24, 2.45) is 0 Å². The quantitative estimate of drug-likeness (QED) is 0.444. The first-order valence-electron chi connectivity index (χ1n) is 16.4. The van der Waals surface area contributed by atoms with E-state index in [9.17, 15) is 9.59 Å². The highest BCUT2D eigenvalue weighted by atomic mass is 16.5. The Bertz CT molecular complexity index is 1480. The van der Waals surface area contributed by atoms with Gasteiger partial charge in [-0.15, -0.1) is 5.10 Å². The van der Waals surface area contributed by atoms with Crippen molar-refractivity contribution in [3.8, 4) is 5.75 Å². The molecule has 0 unspecified atom stereocenters. The fraction of sp³-hybridized carbons (Fsp3) is 0.545. The number of fused-ring (bicyclic) bond motifs is 4. The van der Waals surface area contributed by atoms with Gasteiger partial charge in [-0.2, -0.15) is 0 Å². The summed E-state index contributed by atoms with van der Waals surface area (Å²) in [6.07, 6.45) is 7.60. The second kappa shape index (κ2) is 14.2. The number of benzene rings is 1. The van der Waals surface area contributed by atoms with Crippen molar-refractivity contribution in [1.29, 1.82) is 0 Å². The molecule has 2 amide bonds. The van der Waals surface area contributed by atoms with Gasteiger partial charge in [0, 0.05) is 71.2 Å². The van der Waals surface area contributed by atoms with E-state index in [1.54, 1.807) is 17.2 Å². The second-order valence-electron chi connectivity index (χ2n) is 12.5. The van der Waals surface area contributed by atoms with Crippen LogP contribution in [0, 0.1) is 0 Å². The highest BCUT2D eigenvalue weighted by Gasteiger charge is 2.39. The average Bonchev–Trinajstić information content (AvgIpc) is 3.56. The molecular formula is C33H42N8O5. The summed E-state index contributed by atoms with van der Waals surface area (Å²) in [5, 5.41) is 12.2. The number of hydrogen-bond donors (Lipinski definition) is 1. The minimum Gasteiger partial charge on any atom is -0.493 e. The lowest BCUT2D eigenvalue weighted by molar-refractivity contribution is -0.130. The Morgan fingerprint density at radius 3 is 2.67 bits per heavy atom. The summed E-state index contributed by atoms with van der Waals surface area (Å²) in [6.45, 7) is 6.78. The van der Waals surface area contributed by atoms with Crippen LogP contribution in [-0.2, 0) is 27.4 Å². The molecule has 0 aliphatic carbocycles. The van der Waals surface area contributed by atoms with Gasteiger partial charge in [-0.05, 0) is 36.6 Å². The molecule has 2 aromatic heterocycles. The summed E-state index contributed by atoms with van der Waals surface area (Å²) < 4.78 is 20.2. The predicted octanol–water partition coefficient (Wildman–Crippen LogP) is 1.52. The Balaban J connectivity index is 1.12. The fourth-order valence-electron chi connectivity index (χ4n) is 6.93. The predicted molar refractivity (Wildman–Crippen MR) is 167 cm³/mol. The van der Waals surface area contributed by atoms with Gasteiger partial charge >= 0.3 is 0 Å². The molecule has 0 spiro atoms. The smallest absolute Gasteiger partial charge is 0.258 e. The third-order valence-corrected chi connectivity index (χ3v) is 9.42. The number of rotatable bonds is 5. The van der Waals surface area contributed by atoms with Crippen LogP contribution in [0.5, 0.6) is 5.75 Å². The number of ether oxygens (including phenoxy) is 3. The zero-order valence-electron chi connectivity index (χ0n) is 26.1. The number of aromatic nitrogens is 4. The minimum absolute atomic E-state index is 0.0403. The van der Waals surface area contributed by atoms with Crippen LogP contribution < -0.4 is 10.1 Å². The van der Waals surface area contributed by atoms with Crippen molar-refractivity contribution < 1.29 is 23.8 Å². The molecule has 3 fully saturated rings. The van der Waals surface area contributed by atoms with E-state index in [-0.39, 0.29) is 30.1 Å². The number of nitrogens with one attached hydrogen (secondary N) is 1. The van der Waals surface area contributed by atoms with Crippen LogP contribution in [0.25, 0.3) is 0 Å². The molecule has 4 atom stereocenters. The number of piperazine rings is 1. The van der Waals surface area contributed by atoms with Crippen molar-refractivity contribution in [3.63, 3.8) is 0 Å². The Hall–Kier alpha value is -3.91. The maximum absolute atomic E-state index is 14.0. The van der Waals surface area contributed by atoms with Crippen molar-refractivity contribution in [1.82, 2.24) is 40.0 Å². The number of para-hydroxylation sites is 1. The third kappa shape index (κ3) is 7.07. The normalized spacial score (nSPS) is 26.7. The molecule has 13 nitrogen and oxygen atoms in total. The summed E-state index contributed by atoms with van der Waals surface area (Å²) >= 11 is 0. The molecule has 7 rings (SSSR count). The molecule has 3 saturated heterocycles. The summed E-state index contributed by atoms with van der Waals surface area (Å²) in [6, 6.07) is 10.5. The molecule has 13 heteroatoms. The minimum atomic E-state index is -0.682. The first kappa shape index (κ1) is 30.7. The average molecular weight is 631 g/mol. The SMILES string of the molecule is O=C1NC[C@H]2O[C@H](CCOc3ccccc3C(=O)N3CCN(Cc4cccnc4)C[C@@H]13)CC[C@H]2n1cc(CN2CCOCC2)nn1. The molecule has 0 saturated carbocycles. The maximum atomic E-state index is 14.0. The molecule has 3 aromatic rings. The van der Waals surface area contributed by atoms with Crippen LogP contribution in [0.4, 0.5) is 0 Å². The molecule has 1 N–H and O–H groups in total. The molecule has 244 valence electrons. The van der Waals surface area contributed by atoms with Gasteiger partial charge in [0.05, 0.1) is 55.5 Å². The summed E-state index contributed by atoms with van der Waals surface area (Å²) in [4.78, 5) is 38.5. The monoisotopic (exact) mass is 630 g/mol. The van der Waals surface area contributed by atoms with E-state index in [2.05, 4.69) is 30.4 Å². The lowest BCUT2D eigenvalue weighted by Crippen LogP contribution is -2.61. The summed E-state index contributed by atoms with van der Waals surface area (Å²) in [5.41, 5.74) is 2.44. The van der Waals surface area contributed by atoms with Gasteiger partial charge in [0.1, 0.15) is 11.8 Å². The molecule has 6 heterocycles. The largest absolute Gasteiger partial charge is 0.493 e. The number of hydrogen-bond acceptors (Lipinski definition) is 10. The summed E-state index contributed by atoms with van der Waals surface area (Å²) in [5.74, 6) is 0.136. The molecule has 2 bridgehead atoms. The molecule has 4 aliphatic heterocycles. The zero-order valence-corrected chi connectivity index (χ0v) is 26.1. The second-order valence-corrected chi connectivity index (χ2v) is 12.5. The molecule has 0 radical (unpaired) electrons. The van der Waals surface area contributed by atoms with E-state index in [1.165, 1.54) is 0 Å². The number of carbonyl (C=O) groups excluding carboxylic acids is 2. The van der Waals surface area contributed by atoms with Gasteiger partial charge in [0.15, 0.2) is 0 Å². The van der Waals surface area contributed by atoms with E-state index in [1.807, 2.05) is 47.4 Å². The Labute approximate surface area is 268 Å². The molecule has 46 heavy (non-hydrogen) atoms. The van der Waals surface area contributed by atoms with Crippen LogP contribution in [0.2, 0.25) is 0 Å². The zero-order chi connectivity index (χ0) is 31.3. The highest BCUT2D eigenvalue weighted by molar-refractivity contribution is 6.00. The lowest BCUT2D eigenvalue weighted by Gasteiger charge is -2.41. The van der Waals surface area contributed by atoms with Gasteiger partial charge in [-0.1, -0.05) is 23.4 Å². The van der Waals surface area contributed by atoms with Crippen LogP contribution in [0.1, 0.15) is 46.9 Å². The number of pyridine rings is 1. The van der Waals surface area contributed by atoms with E-state index in [4.69, 9.17) is 14.2 Å². The summed E-state index contributed by atoms with van der Waals surface area (Å²) in [7, 11) is 0. The van der Waals surface area contributed by atoms with Gasteiger partial charge in [0.25, 0.3) is 5.91 Å². The Morgan fingerprint density at radius 2 is 1.80 bits per heavy atom. The number of amides is 2. The molecular weight excluding hydrogens is 588 g/mol. The van der Waals surface area contributed by atoms with E-state index in [0.29, 0.717) is 57.1 Å². The first-order valence-corrected chi connectivity index (χ1v) is 16.4. The van der Waals surface area contributed by atoms with Crippen LogP contribution in [0.3, 0.4) is 0 Å². The Kier molecular flexibility index (Phi) is 9.52. The third-order valence-electron chi connectivity index (χ3n) is 9.42. The van der Waals surface area contributed by atoms with E-state index in [0.717, 1.165) is 56.9 Å². The van der Waals surface area contributed by atoms with Crippen LogP contribution in [0.15, 0.2) is 55.0 Å². The van der Waals surface area contributed by atoms with Crippen LogP contribution in [-0.4, -0.2) is 124 Å². The van der Waals surface area contributed by atoms with Gasteiger partial charge in [0.2, 0.25) is 5.91 Å². The fourth-order valence-corrected chi connectivity index (χ4v) is 6.93. The van der Waals surface area contributed by atoms with Gasteiger partial charge in [-0.3, -0.25) is 24.4 Å². The molecule has 1 aromatic carbocycles. The van der Waals surface area contributed by atoms with Crippen molar-refractivity contribution in [3.05, 3.63) is 71.8 Å². The lowest BCUT2D eigenvalue weighted by atomic mass is 9.96.